The Balaban J connectivity index is 1.32. The van der Waals surface area contributed by atoms with Gasteiger partial charge in [-0.25, -0.2) is 0 Å². The first-order valence-corrected chi connectivity index (χ1v) is 11.6. The third kappa shape index (κ3) is 8.10. The Kier molecular flexibility index (Phi) is 8.14. The average Bonchev–Trinajstić information content (AvgIpc) is 3.35. The van der Waals surface area contributed by atoms with Crippen LogP contribution in [0.1, 0.15) is 62.1 Å². The number of thiophene rings is 1. The molecule has 0 aromatic carbocycles. The second-order valence-corrected chi connectivity index (χ2v) is 9.94. The van der Waals surface area contributed by atoms with Crippen molar-refractivity contribution in [3.05, 3.63) is 21.9 Å². The lowest BCUT2D eigenvalue weighted by atomic mass is 9.92. The number of amides is 1. The van der Waals surface area contributed by atoms with Crippen LogP contribution >= 0.6 is 11.3 Å². The normalized spacial score (nSPS) is 21.0. The number of nitrogens with one attached hydrogen (secondary N) is 1. The molecule has 29 heavy (non-hydrogen) atoms. The second kappa shape index (κ2) is 10.6. The molecular formula is C23H34N2O3S. The molecular weight excluding hydrogens is 384 g/mol. The Morgan fingerprint density at radius 1 is 1.34 bits per heavy atom. The van der Waals surface area contributed by atoms with Gasteiger partial charge in [0.1, 0.15) is 5.60 Å². The average molecular weight is 419 g/mol. The van der Waals surface area contributed by atoms with Gasteiger partial charge in [-0.3, -0.25) is 9.69 Å². The van der Waals surface area contributed by atoms with Gasteiger partial charge in [0.15, 0.2) is 0 Å². The molecule has 0 radical (unpaired) electrons. The van der Waals surface area contributed by atoms with Crippen LogP contribution in [0.2, 0.25) is 0 Å². The second-order valence-electron chi connectivity index (χ2n) is 8.77. The minimum atomic E-state index is -0.951. The maximum absolute atomic E-state index is 12.1. The van der Waals surface area contributed by atoms with Crippen LogP contribution in [0.25, 0.3) is 0 Å². The van der Waals surface area contributed by atoms with E-state index < -0.39 is 5.60 Å². The highest BCUT2D eigenvalue weighted by Crippen LogP contribution is 2.25. The molecule has 2 saturated heterocycles. The third-order valence-electron chi connectivity index (χ3n) is 5.57. The van der Waals surface area contributed by atoms with Gasteiger partial charge in [-0.05, 0) is 77.1 Å². The molecule has 0 unspecified atom stereocenters. The molecule has 2 N–H and O–H groups in total. The fourth-order valence-electron chi connectivity index (χ4n) is 3.85. The molecule has 160 valence electrons. The molecule has 0 bridgehead atoms. The molecule has 1 atom stereocenters. The van der Waals surface area contributed by atoms with Gasteiger partial charge < -0.3 is 15.2 Å². The van der Waals surface area contributed by atoms with Crippen LogP contribution < -0.4 is 5.32 Å². The monoisotopic (exact) mass is 418 g/mol. The minimum Gasteiger partial charge on any atom is -0.378 e. The predicted octanol–water partition coefficient (Wildman–Crippen LogP) is 3.16. The highest BCUT2D eigenvalue weighted by atomic mass is 32.1. The largest absolute Gasteiger partial charge is 0.378 e. The molecule has 2 aliphatic heterocycles. The highest BCUT2D eigenvalue weighted by Gasteiger charge is 2.21. The maximum atomic E-state index is 12.1. The quantitative estimate of drug-likeness (QED) is 0.668. The van der Waals surface area contributed by atoms with Gasteiger partial charge in [0.05, 0.1) is 11.0 Å². The number of aliphatic hydroxyl groups is 1. The summed E-state index contributed by atoms with van der Waals surface area (Å²) < 4.78 is 5.55. The maximum Gasteiger partial charge on any atom is 0.220 e. The number of likely N-dealkylation sites (tertiary alicyclic amines) is 1. The van der Waals surface area contributed by atoms with E-state index in [0.29, 0.717) is 18.9 Å². The van der Waals surface area contributed by atoms with Crippen molar-refractivity contribution in [3.8, 4) is 11.8 Å². The predicted molar refractivity (Wildman–Crippen MR) is 117 cm³/mol. The molecule has 1 aromatic heterocycles. The first kappa shape index (κ1) is 22.3. The van der Waals surface area contributed by atoms with Gasteiger partial charge in [0.2, 0.25) is 5.91 Å². The van der Waals surface area contributed by atoms with Crippen molar-refractivity contribution in [2.24, 2.45) is 5.92 Å². The highest BCUT2D eigenvalue weighted by molar-refractivity contribution is 7.12. The summed E-state index contributed by atoms with van der Waals surface area (Å²) in [6, 6.07) is 4.18. The van der Waals surface area contributed by atoms with Crippen LogP contribution in [-0.2, 0) is 16.1 Å². The number of nitrogens with zero attached hydrogens (tertiary/aromatic N) is 1. The van der Waals surface area contributed by atoms with E-state index in [1.165, 1.54) is 4.88 Å². The van der Waals surface area contributed by atoms with Crippen molar-refractivity contribution in [3.63, 3.8) is 0 Å². The Hall–Kier alpha value is -1.39. The summed E-state index contributed by atoms with van der Waals surface area (Å²) in [6.45, 7) is 8.04. The molecule has 2 aliphatic rings. The molecule has 0 spiro atoms. The van der Waals surface area contributed by atoms with Crippen molar-refractivity contribution >= 4 is 17.2 Å². The molecule has 5 nitrogen and oxygen atoms in total. The van der Waals surface area contributed by atoms with E-state index in [-0.39, 0.29) is 12.0 Å². The Bertz CT molecular complexity index is 714. The molecule has 1 amide bonds. The fourth-order valence-corrected chi connectivity index (χ4v) is 4.76. The van der Waals surface area contributed by atoms with Gasteiger partial charge in [0, 0.05) is 31.0 Å². The SMILES string of the molecule is CC(C)(O)C#Cc1ccc(CN2CCC(CCC(=O)NC[C@H]3CCCO3)CC2)s1. The van der Waals surface area contributed by atoms with Crippen LogP contribution in [-0.4, -0.2) is 53.9 Å². The first-order chi connectivity index (χ1) is 13.9. The molecule has 3 heterocycles. The van der Waals surface area contributed by atoms with Crippen LogP contribution in [0.15, 0.2) is 12.1 Å². The molecule has 0 saturated carbocycles. The Morgan fingerprint density at radius 2 is 2.14 bits per heavy atom. The van der Waals surface area contributed by atoms with E-state index in [1.54, 1.807) is 25.2 Å². The zero-order chi connectivity index (χ0) is 20.7. The zero-order valence-corrected chi connectivity index (χ0v) is 18.5. The van der Waals surface area contributed by atoms with Crippen molar-refractivity contribution in [2.75, 3.05) is 26.2 Å². The molecule has 0 aliphatic carbocycles. The van der Waals surface area contributed by atoms with Gasteiger partial charge in [-0.1, -0.05) is 11.8 Å². The lowest BCUT2D eigenvalue weighted by molar-refractivity contribution is -0.122. The molecule has 3 rings (SSSR count). The lowest BCUT2D eigenvalue weighted by Crippen LogP contribution is -2.34. The van der Waals surface area contributed by atoms with Crippen molar-refractivity contribution < 1.29 is 14.6 Å². The van der Waals surface area contributed by atoms with E-state index in [9.17, 15) is 9.90 Å². The smallest absolute Gasteiger partial charge is 0.220 e. The molecule has 2 fully saturated rings. The summed E-state index contributed by atoms with van der Waals surface area (Å²) in [4.78, 5) is 16.9. The number of hydrogen-bond acceptors (Lipinski definition) is 5. The summed E-state index contributed by atoms with van der Waals surface area (Å²) in [5.41, 5.74) is -0.951. The van der Waals surface area contributed by atoms with E-state index in [4.69, 9.17) is 4.74 Å². The number of hydrogen-bond donors (Lipinski definition) is 2. The van der Waals surface area contributed by atoms with Gasteiger partial charge >= 0.3 is 0 Å². The van der Waals surface area contributed by atoms with Crippen molar-refractivity contribution in [2.45, 2.75) is 70.6 Å². The molecule has 6 heteroatoms. The summed E-state index contributed by atoms with van der Waals surface area (Å²) in [5.74, 6) is 6.75. The fraction of sp³-hybridized carbons (Fsp3) is 0.696. The van der Waals surface area contributed by atoms with Gasteiger partial charge in [-0.2, -0.15) is 0 Å². The summed E-state index contributed by atoms with van der Waals surface area (Å²) in [6.07, 6.45) is 6.34. The van der Waals surface area contributed by atoms with E-state index in [1.807, 2.05) is 6.07 Å². The van der Waals surface area contributed by atoms with Crippen LogP contribution in [0.3, 0.4) is 0 Å². The van der Waals surface area contributed by atoms with Crippen LogP contribution in [0.5, 0.6) is 0 Å². The summed E-state index contributed by atoms with van der Waals surface area (Å²) in [5, 5.41) is 12.7. The van der Waals surface area contributed by atoms with Crippen molar-refractivity contribution in [1.29, 1.82) is 0 Å². The lowest BCUT2D eigenvalue weighted by Gasteiger charge is -2.31. The number of carbonyl (C=O) groups is 1. The third-order valence-corrected chi connectivity index (χ3v) is 6.56. The summed E-state index contributed by atoms with van der Waals surface area (Å²) >= 11 is 1.71. The zero-order valence-electron chi connectivity index (χ0n) is 17.7. The van der Waals surface area contributed by atoms with Gasteiger partial charge in [-0.15, -0.1) is 11.3 Å². The van der Waals surface area contributed by atoms with Crippen molar-refractivity contribution in [1.82, 2.24) is 10.2 Å². The van der Waals surface area contributed by atoms with E-state index >= 15 is 0 Å². The number of rotatable bonds is 7. The van der Waals surface area contributed by atoms with Gasteiger partial charge in [0.25, 0.3) is 0 Å². The number of ether oxygens (including phenoxy) is 1. The summed E-state index contributed by atoms with van der Waals surface area (Å²) in [7, 11) is 0. The first-order valence-electron chi connectivity index (χ1n) is 10.8. The number of piperidine rings is 1. The standard InChI is InChI=1S/C23H34N2O3S/c1-23(2,27)12-9-20-6-7-21(29-20)17-25-13-10-18(11-14-25)5-8-22(26)24-16-19-4-3-15-28-19/h6-7,18-19,27H,3-5,8,10-11,13-17H2,1-2H3,(H,24,26)/t19-/m1/s1. The van der Waals surface area contributed by atoms with E-state index in [0.717, 1.165) is 63.2 Å². The Morgan fingerprint density at radius 3 is 2.83 bits per heavy atom. The Labute approximate surface area is 178 Å². The van der Waals surface area contributed by atoms with Crippen LogP contribution in [0, 0.1) is 17.8 Å². The minimum absolute atomic E-state index is 0.168. The molecule has 1 aromatic rings. The number of carbonyl (C=O) groups excluding carboxylic acids is 1. The van der Waals surface area contributed by atoms with E-state index in [2.05, 4.69) is 28.1 Å². The van der Waals surface area contributed by atoms with Crippen LogP contribution in [0.4, 0.5) is 0 Å². The topological polar surface area (TPSA) is 61.8 Å².